The minimum atomic E-state index is -0.481. The van der Waals surface area contributed by atoms with Crippen LogP contribution in [0.5, 0.6) is 0 Å². The van der Waals surface area contributed by atoms with Gasteiger partial charge in [0.25, 0.3) is 0 Å². The van der Waals surface area contributed by atoms with Gasteiger partial charge < -0.3 is 4.74 Å². The van der Waals surface area contributed by atoms with E-state index in [0.717, 1.165) is 19.3 Å². The molecule has 1 fully saturated rings. The predicted molar refractivity (Wildman–Crippen MR) is 52.8 cm³/mol. The molecule has 0 N–H and O–H groups in total. The first-order chi connectivity index (χ1) is 6.69. The van der Waals surface area contributed by atoms with Crippen LogP contribution in [0.25, 0.3) is 0 Å². The second kappa shape index (κ2) is 5.13. The molecule has 0 amide bonds. The molecular formula is C11H18O3. The molecule has 0 saturated heterocycles. The van der Waals surface area contributed by atoms with E-state index in [9.17, 15) is 9.59 Å². The number of carbonyl (C=O) groups is 2. The van der Waals surface area contributed by atoms with Crippen molar-refractivity contribution in [2.45, 2.75) is 39.0 Å². The molecule has 0 aromatic carbocycles. The van der Waals surface area contributed by atoms with E-state index in [2.05, 4.69) is 11.7 Å². The molecule has 1 aliphatic rings. The Bertz CT molecular complexity index is 215. The number of carbonyl (C=O) groups excluding carboxylic acids is 2. The van der Waals surface area contributed by atoms with Crippen LogP contribution < -0.4 is 0 Å². The number of esters is 1. The Morgan fingerprint density at radius 1 is 1.57 bits per heavy atom. The number of hydrogen-bond donors (Lipinski definition) is 0. The summed E-state index contributed by atoms with van der Waals surface area (Å²) >= 11 is 0. The lowest BCUT2D eigenvalue weighted by Gasteiger charge is -2.25. The molecule has 3 nitrogen and oxygen atoms in total. The highest BCUT2D eigenvalue weighted by Crippen LogP contribution is 2.30. The molecule has 2 unspecified atom stereocenters. The summed E-state index contributed by atoms with van der Waals surface area (Å²) in [6.07, 6.45) is 4.41. The largest absolute Gasteiger partial charge is 0.468 e. The second-order valence-electron chi connectivity index (χ2n) is 3.97. The van der Waals surface area contributed by atoms with Crippen molar-refractivity contribution in [2.24, 2.45) is 11.8 Å². The van der Waals surface area contributed by atoms with Gasteiger partial charge in [0.2, 0.25) is 0 Å². The zero-order valence-corrected chi connectivity index (χ0v) is 8.91. The number of hydrogen-bond acceptors (Lipinski definition) is 3. The quantitative estimate of drug-likeness (QED) is 0.514. The van der Waals surface area contributed by atoms with Gasteiger partial charge in [0.15, 0.2) is 0 Å². The SMILES string of the molecule is CCCC1CCC(=O)C(C(=O)OC)C1. The molecule has 0 heterocycles. The Kier molecular flexibility index (Phi) is 4.11. The average Bonchev–Trinajstić information content (AvgIpc) is 2.20. The van der Waals surface area contributed by atoms with Crippen LogP contribution in [0.4, 0.5) is 0 Å². The van der Waals surface area contributed by atoms with Crippen LogP contribution in [-0.4, -0.2) is 18.9 Å². The lowest BCUT2D eigenvalue weighted by Crippen LogP contribution is -2.32. The fraction of sp³-hybridized carbons (Fsp3) is 0.818. The van der Waals surface area contributed by atoms with Crippen molar-refractivity contribution in [3.05, 3.63) is 0 Å². The summed E-state index contributed by atoms with van der Waals surface area (Å²) < 4.78 is 4.63. The fourth-order valence-electron chi connectivity index (χ4n) is 2.14. The summed E-state index contributed by atoms with van der Waals surface area (Å²) in [5, 5.41) is 0. The molecule has 1 aliphatic carbocycles. The van der Waals surface area contributed by atoms with Crippen LogP contribution in [-0.2, 0) is 14.3 Å². The molecule has 0 aromatic heterocycles. The highest BCUT2D eigenvalue weighted by molar-refractivity contribution is 5.99. The molecule has 0 radical (unpaired) electrons. The van der Waals surface area contributed by atoms with Gasteiger partial charge in [-0.25, -0.2) is 0 Å². The third-order valence-electron chi connectivity index (χ3n) is 2.94. The monoisotopic (exact) mass is 198 g/mol. The Morgan fingerprint density at radius 3 is 2.86 bits per heavy atom. The van der Waals surface area contributed by atoms with Crippen molar-refractivity contribution in [1.82, 2.24) is 0 Å². The van der Waals surface area contributed by atoms with E-state index >= 15 is 0 Å². The van der Waals surface area contributed by atoms with Gasteiger partial charge in [-0.1, -0.05) is 19.8 Å². The Labute approximate surface area is 84.8 Å². The molecule has 0 aliphatic heterocycles. The number of ketones is 1. The maximum atomic E-state index is 11.4. The Balaban J connectivity index is 2.55. The van der Waals surface area contributed by atoms with E-state index in [1.165, 1.54) is 7.11 Å². The van der Waals surface area contributed by atoms with Crippen molar-refractivity contribution in [3.63, 3.8) is 0 Å². The van der Waals surface area contributed by atoms with Crippen LogP contribution in [0, 0.1) is 11.8 Å². The summed E-state index contributed by atoms with van der Waals surface area (Å²) in [5.74, 6) is -0.243. The third kappa shape index (κ3) is 2.56. The van der Waals surface area contributed by atoms with Gasteiger partial charge in [-0.3, -0.25) is 9.59 Å². The van der Waals surface area contributed by atoms with Crippen LogP contribution in [0.2, 0.25) is 0 Å². The summed E-state index contributed by atoms with van der Waals surface area (Å²) in [6, 6.07) is 0. The zero-order valence-electron chi connectivity index (χ0n) is 8.91. The summed E-state index contributed by atoms with van der Waals surface area (Å²) in [5.41, 5.74) is 0. The van der Waals surface area contributed by atoms with E-state index in [1.807, 2.05) is 0 Å². The van der Waals surface area contributed by atoms with Gasteiger partial charge in [-0.2, -0.15) is 0 Å². The summed E-state index contributed by atoms with van der Waals surface area (Å²) in [6.45, 7) is 2.13. The van der Waals surface area contributed by atoms with Gasteiger partial charge in [-0.05, 0) is 18.8 Å². The van der Waals surface area contributed by atoms with Gasteiger partial charge in [0.05, 0.1) is 7.11 Å². The third-order valence-corrected chi connectivity index (χ3v) is 2.94. The normalized spacial score (nSPS) is 27.4. The van der Waals surface area contributed by atoms with Crippen molar-refractivity contribution in [3.8, 4) is 0 Å². The lowest BCUT2D eigenvalue weighted by molar-refractivity contribution is -0.151. The first-order valence-corrected chi connectivity index (χ1v) is 5.29. The number of methoxy groups -OCH3 is 1. The molecule has 0 bridgehead atoms. The van der Waals surface area contributed by atoms with Crippen LogP contribution in [0.15, 0.2) is 0 Å². The van der Waals surface area contributed by atoms with Gasteiger partial charge >= 0.3 is 5.97 Å². The molecule has 0 aromatic rings. The standard InChI is InChI=1S/C11H18O3/c1-3-4-8-5-6-10(12)9(7-8)11(13)14-2/h8-9H,3-7H2,1-2H3. The van der Waals surface area contributed by atoms with E-state index in [4.69, 9.17) is 0 Å². The number of rotatable bonds is 3. The van der Waals surface area contributed by atoms with Crippen LogP contribution >= 0.6 is 0 Å². The maximum Gasteiger partial charge on any atom is 0.316 e. The summed E-state index contributed by atoms with van der Waals surface area (Å²) in [7, 11) is 1.35. The van der Waals surface area contributed by atoms with E-state index in [-0.39, 0.29) is 11.8 Å². The van der Waals surface area contributed by atoms with Crippen LogP contribution in [0.1, 0.15) is 39.0 Å². The molecule has 0 spiro atoms. The average molecular weight is 198 g/mol. The van der Waals surface area contributed by atoms with Crippen molar-refractivity contribution >= 4 is 11.8 Å². The van der Waals surface area contributed by atoms with Crippen LogP contribution in [0.3, 0.4) is 0 Å². The first kappa shape index (κ1) is 11.2. The first-order valence-electron chi connectivity index (χ1n) is 5.29. The fourth-order valence-corrected chi connectivity index (χ4v) is 2.14. The Hall–Kier alpha value is -0.860. The zero-order chi connectivity index (χ0) is 10.6. The van der Waals surface area contributed by atoms with Crippen molar-refractivity contribution < 1.29 is 14.3 Å². The lowest BCUT2D eigenvalue weighted by atomic mass is 9.78. The molecule has 80 valence electrons. The number of ether oxygens (including phenoxy) is 1. The van der Waals surface area contributed by atoms with Gasteiger partial charge in [-0.15, -0.1) is 0 Å². The van der Waals surface area contributed by atoms with E-state index in [0.29, 0.717) is 18.8 Å². The predicted octanol–water partition coefficient (Wildman–Crippen LogP) is 1.94. The topological polar surface area (TPSA) is 43.4 Å². The van der Waals surface area contributed by atoms with Gasteiger partial charge in [0.1, 0.15) is 11.7 Å². The molecular weight excluding hydrogens is 180 g/mol. The van der Waals surface area contributed by atoms with E-state index < -0.39 is 5.92 Å². The molecule has 14 heavy (non-hydrogen) atoms. The molecule has 1 rings (SSSR count). The minimum Gasteiger partial charge on any atom is -0.468 e. The van der Waals surface area contributed by atoms with Crippen molar-refractivity contribution in [1.29, 1.82) is 0 Å². The molecule has 1 saturated carbocycles. The Morgan fingerprint density at radius 2 is 2.29 bits per heavy atom. The minimum absolute atomic E-state index is 0.0594. The highest BCUT2D eigenvalue weighted by atomic mass is 16.5. The number of Topliss-reactive ketones (excluding diaryl/α,β-unsaturated/α-hetero) is 1. The van der Waals surface area contributed by atoms with Crippen molar-refractivity contribution in [2.75, 3.05) is 7.11 Å². The second-order valence-corrected chi connectivity index (χ2v) is 3.97. The molecule has 2 atom stereocenters. The maximum absolute atomic E-state index is 11.4. The highest BCUT2D eigenvalue weighted by Gasteiger charge is 2.33. The smallest absolute Gasteiger partial charge is 0.316 e. The summed E-state index contributed by atoms with van der Waals surface area (Å²) in [4.78, 5) is 22.7. The molecule has 3 heteroatoms. The van der Waals surface area contributed by atoms with Gasteiger partial charge in [0, 0.05) is 6.42 Å². The van der Waals surface area contributed by atoms with E-state index in [1.54, 1.807) is 0 Å².